The van der Waals surface area contributed by atoms with E-state index in [4.69, 9.17) is 11.6 Å². The number of benzene rings is 1. The molecule has 1 fully saturated rings. The highest BCUT2D eigenvalue weighted by Crippen LogP contribution is 2.42. The normalized spacial score (nSPS) is 14.2. The molecule has 1 aliphatic carbocycles. The molecular weight excluding hydrogens is 325 g/mol. The number of hydrogen-bond donors (Lipinski definition) is 1. The summed E-state index contributed by atoms with van der Waals surface area (Å²) in [6.45, 7) is -0.688. The third-order valence-electron chi connectivity index (χ3n) is 3.26. The summed E-state index contributed by atoms with van der Waals surface area (Å²) >= 11 is 5.76. The van der Waals surface area contributed by atoms with Crippen molar-refractivity contribution in [1.29, 1.82) is 0 Å². The Morgan fingerprint density at radius 3 is 2.73 bits per heavy atom. The van der Waals surface area contributed by atoms with Crippen molar-refractivity contribution >= 4 is 23.0 Å². The summed E-state index contributed by atoms with van der Waals surface area (Å²) in [6, 6.07) is 0.648. The van der Waals surface area contributed by atoms with Crippen LogP contribution in [0.4, 0.5) is 24.5 Å². The summed E-state index contributed by atoms with van der Waals surface area (Å²) in [4.78, 5) is 10.3. The van der Waals surface area contributed by atoms with E-state index in [-0.39, 0.29) is 5.69 Å². The van der Waals surface area contributed by atoms with E-state index < -0.39 is 40.2 Å². The molecule has 2 rings (SSSR count). The summed E-state index contributed by atoms with van der Waals surface area (Å²) in [5.41, 5.74) is -0.876. The molecule has 0 aliphatic heterocycles. The van der Waals surface area contributed by atoms with Gasteiger partial charge in [-0.3, -0.25) is 10.1 Å². The second kappa shape index (κ2) is 7.04. The molecule has 0 heterocycles. The van der Waals surface area contributed by atoms with Gasteiger partial charge in [-0.15, -0.1) is 0 Å². The number of halogens is 4. The molecule has 1 saturated carbocycles. The minimum Gasteiger partial charge on any atom is -0.481 e. The molecule has 1 aliphatic rings. The molecule has 9 heteroatoms. The number of nitrogens with zero attached hydrogens (tertiary/aromatic N) is 1. The van der Waals surface area contributed by atoms with Gasteiger partial charge in [0.1, 0.15) is 23.1 Å². The van der Waals surface area contributed by atoms with E-state index in [2.05, 4.69) is 10.1 Å². The Bertz CT molecular complexity index is 568. The van der Waals surface area contributed by atoms with Crippen molar-refractivity contribution in [1.82, 2.24) is 0 Å². The van der Waals surface area contributed by atoms with Crippen molar-refractivity contribution in [3.05, 3.63) is 27.0 Å². The van der Waals surface area contributed by atoms with Crippen LogP contribution in [0.15, 0.2) is 6.07 Å². The topological polar surface area (TPSA) is 64.4 Å². The molecule has 122 valence electrons. The van der Waals surface area contributed by atoms with Crippen LogP contribution < -0.4 is 10.1 Å². The summed E-state index contributed by atoms with van der Waals surface area (Å²) < 4.78 is 42.8. The van der Waals surface area contributed by atoms with Crippen LogP contribution in [0.25, 0.3) is 0 Å². The van der Waals surface area contributed by atoms with Gasteiger partial charge in [-0.25, -0.2) is 13.2 Å². The van der Waals surface area contributed by atoms with Crippen LogP contribution in [0.1, 0.15) is 19.3 Å². The Hall–Kier alpha value is -1.70. The van der Waals surface area contributed by atoms with Gasteiger partial charge in [-0.1, -0.05) is 24.4 Å². The quantitative estimate of drug-likeness (QED) is 0.568. The SMILES string of the molecule is O=[N+]([O-])c1c(OCC(F)F)cc(F)c(Cl)c1NCCC1CC1. The smallest absolute Gasteiger partial charge is 0.335 e. The first-order valence-electron chi connectivity index (χ1n) is 6.71. The van der Waals surface area contributed by atoms with Crippen LogP contribution in [0.2, 0.25) is 5.02 Å². The van der Waals surface area contributed by atoms with E-state index in [1.54, 1.807) is 0 Å². The van der Waals surface area contributed by atoms with E-state index in [1.165, 1.54) is 0 Å². The average Bonchev–Trinajstić information content (AvgIpc) is 3.24. The van der Waals surface area contributed by atoms with Gasteiger partial charge in [-0.05, 0) is 12.3 Å². The van der Waals surface area contributed by atoms with Crippen LogP contribution in [0.3, 0.4) is 0 Å². The van der Waals surface area contributed by atoms with Gasteiger partial charge in [0.2, 0.25) is 5.75 Å². The number of anilines is 1. The van der Waals surface area contributed by atoms with Gasteiger partial charge >= 0.3 is 5.69 Å². The lowest BCUT2D eigenvalue weighted by molar-refractivity contribution is -0.385. The van der Waals surface area contributed by atoms with Crippen molar-refractivity contribution in [3.8, 4) is 5.75 Å². The number of nitrogens with one attached hydrogen (secondary N) is 1. The fourth-order valence-electron chi connectivity index (χ4n) is 2.01. The van der Waals surface area contributed by atoms with E-state index >= 15 is 0 Å². The molecule has 0 radical (unpaired) electrons. The lowest BCUT2D eigenvalue weighted by Gasteiger charge is -2.13. The molecule has 0 amide bonds. The fraction of sp³-hybridized carbons (Fsp3) is 0.538. The Morgan fingerprint density at radius 1 is 1.50 bits per heavy atom. The van der Waals surface area contributed by atoms with Crippen molar-refractivity contribution in [2.45, 2.75) is 25.7 Å². The van der Waals surface area contributed by atoms with Gasteiger partial charge in [-0.2, -0.15) is 0 Å². The number of nitro benzene ring substituents is 1. The Kier molecular flexibility index (Phi) is 5.33. The van der Waals surface area contributed by atoms with E-state index in [9.17, 15) is 23.3 Å². The standard InChI is InChI=1S/C13H14ClF3N2O3/c14-11-8(15)5-9(22-6-10(16)17)13(19(20)21)12(11)18-4-3-7-1-2-7/h5,7,10,18H,1-4,6H2. The Balaban J connectivity index is 2.27. The first kappa shape index (κ1) is 16.7. The molecule has 0 spiro atoms. The highest BCUT2D eigenvalue weighted by Gasteiger charge is 2.28. The summed E-state index contributed by atoms with van der Waals surface area (Å²) in [5, 5.41) is 13.4. The maximum Gasteiger partial charge on any atom is 0.335 e. The first-order chi connectivity index (χ1) is 10.4. The summed E-state index contributed by atoms with van der Waals surface area (Å²) in [7, 11) is 0. The van der Waals surface area contributed by atoms with Gasteiger partial charge in [0, 0.05) is 12.6 Å². The minimum absolute atomic E-state index is 0.239. The lowest BCUT2D eigenvalue weighted by Crippen LogP contribution is -2.11. The molecule has 22 heavy (non-hydrogen) atoms. The highest BCUT2D eigenvalue weighted by atomic mass is 35.5. The molecule has 0 saturated heterocycles. The first-order valence-corrected chi connectivity index (χ1v) is 7.09. The van der Waals surface area contributed by atoms with Crippen LogP contribution in [0, 0.1) is 21.8 Å². The zero-order chi connectivity index (χ0) is 16.3. The second-order valence-corrected chi connectivity index (χ2v) is 5.39. The monoisotopic (exact) mass is 338 g/mol. The maximum atomic E-state index is 13.7. The molecule has 1 aromatic carbocycles. The number of alkyl halides is 2. The van der Waals surface area contributed by atoms with Crippen LogP contribution in [0.5, 0.6) is 5.75 Å². The average molecular weight is 339 g/mol. The van der Waals surface area contributed by atoms with Gasteiger partial charge in [0.15, 0.2) is 0 Å². The van der Waals surface area contributed by atoms with Crippen molar-refractivity contribution in [2.75, 3.05) is 18.5 Å². The van der Waals surface area contributed by atoms with Crippen LogP contribution in [-0.4, -0.2) is 24.5 Å². The number of hydrogen-bond acceptors (Lipinski definition) is 4. The third kappa shape index (κ3) is 4.16. The van der Waals surface area contributed by atoms with Gasteiger partial charge in [0.25, 0.3) is 6.43 Å². The molecule has 1 N–H and O–H groups in total. The van der Waals surface area contributed by atoms with Crippen molar-refractivity contribution < 1.29 is 22.8 Å². The number of nitro groups is 1. The van der Waals surface area contributed by atoms with E-state index in [0.717, 1.165) is 19.3 Å². The van der Waals surface area contributed by atoms with Crippen LogP contribution >= 0.6 is 11.6 Å². The predicted octanol–water partition coefficient (Wildman–Crippen LogP) is 4.24. The van der Waals surface area contributed by atoms with Crippen molar-refractivity contribution in [3.63, 3.8) is 0 Å². The fourth-order valence-corrected chi connectivity index (χ4v) is 2.22. The zero-order valence-electron chi connectivity index (χ0n) is 11.5. The lowest BCUT2D eigenvalue weighted by atomic mass is 10.2. The third-order valence-corrected chi connectivity index (χ3v) is 3.63. The van der Waals surface area contributed by atoms with E-state index in [1.807, 2.05) is 0 Å². The minimum atomic E-state index is -2.83. The maximum absolute atomic E-state index is 13.7. The Morgan fingerprint density at radius 2 is 2.18 bits per heavy atom. The highest BCUT2D eigenvalue weighted by molar-refractivity contribution is 6.34. The van der Waals surface area contributed by atoms with Gasteiger partial charge < -0.3 is 10.1 Å². The molecule has 5 nitrogen and oxygen atoms in total. The summed E-state index contributed by atoms with van der Waals surface area (Å²) in [5.74, 6) is -0.972. The predicted molar refractivity (Wildman–Crippen MR) is 75.4 cm³/mol. The molecule has 0 unspecified atom stereocenters. The summed E-state index contributed by atoms with van der Waals surface area (Å²) in [6.07, 6.45) is 0.147. The largest absolute Gasteiger partial charge is 0.481 e. The zero-order valence-corrected chi connectivity index (χ0v) is 12.2. The second-order valence-electron chi connectivity index (χ2n) is 5.01. The number of ether oxygens (including phenoxy) is 1. The number of rotatable bonds is 8. The Labute approximate surface area is 129 Å². The van der Waals surface area contributed by atoms with Crippen LogP contribution in [-0.2, 0) is 0 Å². The van der Waals surface area contributed by atoms with Gasteiger partial charge in [0.05, 0.1) is 4.92 Å². The molecular formula is C13H14ClF3N2O3. The van der Waals surface area contributed by atoms with E-state index in [0.29, 0.717) is 18.5 Å². The molecule has 0 atom stereocenters. The molecule has 1 aromatic rings. The van der Waals surface area contributed by atoms with Crippen molar-refractivity contribution in [2.24, 2.45) is 5.92 Å². The molecule has 0 aromatic heterocycles. The molecule has 0 bridgehead atoms.